The summed E-state index contributed by atoms with van der Waals surface area (Å²) < 4.78 is 0. The van der Waals surface area contributed by atoms with Crippen LogP contribution in [0.25, 0.3) is 0 Å². The fourth-order valence-corrected chi connectivity index (χ4v) is 3.59. The van der Waals surface area contributed by atoms with Crippen molar-refractivity contribution in [2.45, 2.75) is 12.3 Å². The monoisotopic (exact) mass is 306 g/mol. The van der Waals surface area contributed by atoms with Gasteiger partial charge in [0.15, 0.2) is 0 Å². The lowest BCUT2D eigenvalue weighted by Gasteiger charge is -2.36. The highest BCUT2D eigenvalue weighted by atomic mass is 16.2. The van der Waals surface area contributed by atoms with Gasteiger partial charge in [-0.25, -0.2) is 0 Å². The van der Waals surface area contributed by atoms with Crippen molar-refractivity contribution in [3.8, 4) is 0 Å². The minimum atomic E-state index is 0.209. The van der Waals surface area contributed by atoms with E-state index in [-0.39, 0.29) is 5.92 Å². The second-order valence-electron chi connectivity index (χ2n) is 6.51. The average molecular weight is 306 g/mol. The number of piperazine rings is 1. The van der Waals surface area contributed by atoms with Crippen LogP contribution in [0.2, 0.25) is 0 Å². The van der Waals surface area contributed by atoms with Gasteiger partial charge in [-0.2, -0.15) is 0 Å². The zero-order valence-electron chi connectivity index (χ0n) is 13.3. The van der Waals surface area contributed by atoms with E-state index in [1.807, 2.05) is 12.1 Å². The van der Waals surface area contributed by atoms with Crippen LogP contribution in [-0.4, -0.2) is 37.0 Å². The predicted molar refractivity (Wildman–Crippen MR) is 92.5 cm³/mol. The molecule has 1 amide bonds. The molecule has 4 rings (SSSR count). The van der Waals surface area contributed by atoms with Crippen LogP contribution in [0.3, 0.4) is 0 Å². The number of rotatable bonds is 3. The van der Waals surface area contributed by atoms with Crippen molar-refractivity contribution in [3.05, 3.63) is 66.2 Å². The summed E-state index contributed by atoms with van der Waals surface area (Å²) in [4.78, 5) is 17.1. The van der Waals surface area contributed by atoms with Crippen molar-refractivity contribution in [1.29, 1.82) is 0 Å². The van der Waals surface area contributed by atoms with E-state index in [1.54, 1.807) is 0 Å². The molecule has 1 aliphatic carbocycles. The Kier molecular flexibility index (Phi) is 3.78. The van der Waals surface area contributed by atoms with Gasteiger partial charge in [-0.15, -0.1) is 0 Å². The molecule has 1 heterocycles. The Hall–Kier alpha value is -2.29. The molecule has 0 bridgehead atoms. The largest absolute Gasteiger partial charge is 0.368 e. The first-order chi connectivity index (χ1) is 11.3. The number of hydrogen-bond donors (Lipinski definition) is 0. The van der Waals surface area contributed by atoms with Gasteiger partial charge in [0.05, 0.1) is 0 Å². The average Bonchev–Trinajstić information content (AvgIpc) is 3.44. The van der Waals surface area contributed by atoms with E-state index in [4.69, 9.17) is 0 Å². The zero-order chi connectivity index (χ0) is 15.6. The Bertz CT molecular complexity index is 663. The summed E-state index contributed by atoms with van der Waals surface area (Å²) >= 11 is 0. The van der Waals surface area contributed by atoms with E-state index in [2.05, 4.69) is 58.3 Å². The number of carbonyl (C=O) groups is 1. The van der Waals surface area contributed by atoms with E-state index in [1.165, 1.54) is 11.3 Å². The maximum Gasteiger partial charge on any atom is 0.226 e. The van der Waals surface area contributed by atoms with Crippen molar-refractivity contribution < 1.29 is 4.79 Å². The molecule has 0 spiro atoms. The van der Waals surface area contributed by atoms with Crippen molar-refractivity contribution in [3.63, 3.8) is 0 Å². The van der Waals surface area contributed by atoms with Crippen LogP contribution >= 0.6 is 0 Å². The number of carbonyl (C=O) groups excluding carboxylic acids is 1. The Balaban J connectivity index is 1.34. The lowest BCUT2D eigenvalue weighted by Crippen LogP contribution is -2.49. The van der Waals surface area contributed by atoms with Gasteiger partial charge in [-0.3, -0.25) is 4.79 Å². The summed E-state index contributed by atoms with van der Waals surface area (Å²) in [7, 11) is 0. The van der Waals surface area contributed by atoms with Crippen molar-refractivity contribution >= 4 is 11.6 Å². The maximum atomic E-state index is 12.7. The molecular formula is C20H22N2O. The first-order valence-corrected chi connectivity index (χ1v) is 8.46. The molecule has 0 N–H and O–H groups in total. The Morgan fingerprint density at radius 2 is 1.43 bits per heavy atom. The topological polar surface area (TPSA) is 23.6 Å². The molecule has 23 heavy (non-hydrogen) atoms. The van der Waals surface area contributed by atoms with Crippen LogP contribution in [-0.2, 0) is 4.79 Å². The molecule has 0 unspecified atom stereocenters. The SMILES string of the molecule is O=C([C@H]1C[C@@H]1c1ccccc1)N1CCN(c2ccccc2)CC1. The van der Waals surface area contributed by atoms with E-state index in [9.17, 15) is 4.79 Å². The van der Waals surface area contributed by atoms with Gasteiger partial charge in [0.25, 0.3) is 0 Å². The lowest BCUT2D eigenvalue weighted by molar-refractivity contribution is -0.132. The summed E-state index contributed by atoms with van der Waals surface area (Å²) in [5.74, 6) is 1.00. The zero-order valence-corrected chi connectivity index (χ0v) is 13.3. The lowest BCUT2D eigenvalue weighted by atomic mass is 10.1. The molecule has 2 aliphatic rings. The Morgan fingerprint density at radius 3 is 2.09 bits per heavy atom. The van der Waals surface area contributed by atoms with Crippen molar-refractivity contribution in [1.82, 2.24) is 4.90 Å². The first kappa shape index (κ1) is 14.3. The van der Waals surface area contributed by atoms with E-state index in [0.717, 1.165) is 32.6 Å². The highest BCUT2D eigenvalue weighted by molar-refractivity contribution is 5.83. The smallest absolute Gasteiger partial charge is 0.226 e. The highest BCUT2D eigenvalue weighted by Gasteiger charge is 2.45. The number of nitrogens with zero attached hydrogens (tertiary/aromatic N) is 2. The van der Waals surface area contributed by atoms with Gasteiger partial charge < -0.3 is 9.80 Å². The Morgan fingerprint density at radius 1 is 0.826 bits per heavy atom. The molecule has 2 fully saturated rings. The van der Waals surface area contributed by atoms with Gasteiger partial charge in [-0.1, -0.05) is 48.5 Å². The second-order valence-corrected chi connectivity index (χ2v) is 6.51. The molecule has 2 aromatic carbocycles. The molecule has 2 aromatic rings. The molecule has 3 heteroatoms. The second kappa shape index (κ2) is 6.07. The molecule has 1 aliphatic heterocycles. The van der Waals surface area contributed by atoms with E-state index < -0.39 is 0 Å². The summed E-state index contributed by atoms with van der Waals surface area (Å²) in [5, 5.41) is 0. The van der Waals surface area contributed by atoms with Crippen LogP contribution in [0.15, 0.2) is 60.7 Å². The van der Waals surface area contributed by atoms with Gasteiger partial charge in [-0.05, 0) is 30.0 Å². The molecule has 1 saturated carbocycles. The molecular weight excluding hydrogens is 284 g/mol. The number of amides is 1. The third-order valence-corrected chi connectivity index (χ3v) is 5.05. The molecule has 3 nitrogen and oxygen atoms in total. The van der Waals surface area contributed by atoms with Crippen molar-refractivity contribution in [2.75, 3.05) is 31.1 Å². The molecule has 2 atom stereocenters. The quantitative estimate of drug-likeness (QED) is 0.870. The van der Waals surface area contributed by atoms with Gasteiger partial charge in [0.2, 0.25) is 5.91 Å². The molecule has 118 valence electrons. The summed E-state index contributed by atoms with van der Waals surface area (Å²) in [6, 6.07) is 20.9. The maximum absolute atomic E-state index is 12.7. The standard InChI is InChI=1S/C20H22N2O/c23-20(19-15-18(19)16-7-3-1-4-8-16)22-13-11-21(12-14-22)17-9-5-2-6-10-17/h1-10,18-19H,11-15H2/t18-,19+/m1/s1. The van der Waals surface area contributed by atoms with Gasteiger partial charge in [0, 0.05) is 37.8 Å². The number of hydrogen-bond acceptors (Lipinski definition) is 2. The minimum absolute atomic E-state index is 0.209. The highest BCUT2D eigenvalue weighted by Crippen LogP contribution is 2.48. The number of benzene rings is 2. The van der Waals surface area contributed by atoms with Gasteiger partial charge >= 0.3 is 0 Å². The Labute approximate surface area is 137 Å². The van der Waals surface area contributed by atoms with Crippen LogP contribution in [0, 0.1) is 5.92 Å². The van der Waals surface area contributed by atoms with Crippen LogP contribution in [0.4, 0.5) is 5.69 Å². The van der Waals surface area contributed by atoms with Crippen LogP contribution in [0.1, 0.15) is 17.9 Å². The minimum Gasteiger partial charge on any atom is -0.368 e. The first-order valence-electron chi connectivity index (χ1n) is 8.46. The van der Waals surface area contributed by atoms with E-state index in [0.29, 0.717) is 11.8 Å². The fourth-order valence-electron chi connectivity index (χ4n) is 3.59. The van der Waals surface area contributed by atoms with E-state index >= 15 is 0 Å². The summed E-state index contributed by atoms with van der Waals surface area (Å²) in [5.41, 5.74) is 2.57. The predicted octanol–water partition coefficient (Wildman–Crippen LogP) is 3.14. The molecule has 0 aromatic heterocycles. The molecule has 1 saturated heterocycles. The summed E-state index contributed by atoms with van der Waals surface area (Å²) in [6.45, 7) is 3.54. The number of anilines is 1. The number of para-hydroxylation sites is 1. The van der Waals surface area contributed by atoms with Crippen LogP contribution in [0.5, 0.6) is 0 Å². The normalized spacial score (nSPS) is 23.7. The summed E-state index contributed by atoms with van der Waals surface area (Å²) in [6.07, 6.45) is 1.02. The third kappa shape index (κ3) is 2.96. The van der Waals surface area contributed by atoms with Crippen molar-refractivity contribution in [2.24, 2.45) is 5.92 Å². The van der Waals surface area contributed by atoms with Crippen LogP contribution < -0.4 is 4.90 Å². The van der Waals surface area contributed by atoms with Gasteiger partial charge in [0.1, 0.15) is 0 Å². The third-order valence-electron chi connectivity index (χ3n) is 5.05. The fraction of sp³-hybridized carbons (Fsp3) is 0.350. The molecule has 0 radical (unpaired) electrons.